The van der Waals surface area contributed by atoms with Gasteiger partial charge < -0.3 is 4.74 Å². The molecule has 1 aromatic rings. The zero-order valence-corrected chi connectivity index (χ0v) is 12.9. The van der Waals surface area contributed by atoms with Gasteiger partial charge in [-0.3, -0.25) is 4.79 Å². The van der Waals surface area contributed by atoms with Crippen molar-refractivity contribution in [2.45, 2.75) is 60.1 Å². The molecule has 1 heterocycles. The van der Waals surface area contributed by atoms with Crippen LogP contribution >= 0.6 is 0 Å². The van der Waals surface area contributed by atoms with Crippen LogP contribution in [0, 0.1) is 5.41 Å². The maximum Gasteiger partial charge on any atom is 0.140 e. The summed E-state index contributed by atoms with van der Waals surface area (Å²) in [7, 11) is 0. The Bertz CT molecular complexity index is 425. The van der Waals surface area contributed by atoms with Crippen LogP contribution in [0.1, 0.15) is 53.7 Å². The minimum atomic E-state index is -0.293. The number of hydrogen-bond donors (Lipinski definition) is 0. The molecule has 0 fully saturated rings. The van der Waals surface area contributed by atoms with E-state index in [1.165, 1.54) is 0 Å². The highest BCUT2D eigenvalue weighted by atomic mass is 16.5. The normalized spacial score (nSPS) is 12.7. The van der Waals surface area contributed by atoms with Crippen LogP contribution in [0.2, 0.25) is 0 Å². The minimum Gasteiger partial charge on any atom is -0.375 e. The highest BCUT2D eigenvalue weighted by Crippen LogP contribution is 2.16. The van der Waals surface area contributed by atoms with Gasteiger partial charge in [-0.15, -0.1) is 5.10 Å². The minimum absolute atomic E-state index is 0.0759. The van der Waals surface area contributed by atoms with Gasteiger partial charge in [0.15, 0.2) is 0 Å². The summed E-state index contributed by atoms with van der Waals surface area (Å²) < 4.78 is 7.29. The Morgan fingerprint density at radius 1 is 1.26 bits per heavy atom. The van der Waals surface area contributed by atoms with Crippen LogP contribution in [0.4, 0.5) is 0 Å². The van der Waals surface area contributed by atoms with Crippen molar-refractivity contribution >= 4 is 5.78 Å². The molecule has 0 N–H and O–H groups in total. The Balaban J connectivity index is 2.35. The highest BCUT2D eigenvalue weighted by Gasteiger charge is 2.20. The predicted molar refractivity (Wildman–Crippen MR) is 73.8 cm³/mol. The molecule has 0 atom stereocenters. The second-order valence-corrected chi connectivity index (χ2v) is 6.80. The van der Waals surface area contributed by atoms with Crippen molar-refractivity contribution in [3.8, 4) is 0 Å². The third-order valence-electron chi connectivity index (χ3n) is 2.79. The van der Waals surface area contributed by atoms with Crippen molar-refractivity contribution in [1.29, 1.82) is 0 Å². The molecule has 5 nitrogen and oxygen atoms in total. The number of Topliss-reactive ketones (excluding diaryl/α,β-unsaturated/α-hetero) is 1. The lowest BCUT2D eigenvalue weighted by Gasteiger charge is -2.17. The van der Waals surface area contributed by atoms with Crippen molar-refractivity contribution in [2.24, 2.45) is 5.41 Å². The molecular formula is C14H25N3O2. The molecule has 0 aliphatic carbocycles. The Morgan fingerprint density at radius 3 is 2.37 bits per heavy atom. The smallest absolute Gasteiger partial charge is 0.140 e. The van der Waals surface area contributed by atoms with Crippen LogP contribution in [0.25, 0.3) is 0 Å². The molecule has 0 unspecified atom stereocenters. The van der Waals surface area contributed by atoms with Crippen molar-refractivity contribution in [3.63, 3.8) is 0 Å². The molecule has 108 valence electrons. The molecule has 5 heteroatoms. The largest absolute Gasteiger partial charge is 0.375 e. The summed E-state index contributed by atoms with van der Waals surface area (Å²) in [6.07, 6.45) is 2.32. The average Bonchev–Trinajstić information content (AvgIpc) is 2.70. The van der Waals surface area contributed by atoms with Gasteiger partial charge in [0.25, 0.3) is 0 Å². The molecule has 19 heavy (non-hydrogen) atoms. The van der Waals surface area contributed by atoms with Gasteiger partial charge in [0, 0.05) is 11.8 Å². The molecule has 0 spiro atoms. The molecule has 1 rings (SSSR count). The van der Waals surface area contributed by atoms with Gasteiger partial charge in [0.2, 0.25) is 0 Å². The van der Waals surface area contributed by atoms with E-state index in [1.807, 2.05) is 31.6 Å². The summed E-state index contributed by atoms with van der Waals surface area (Å²) in [6.45, 7) is 12.8. The van der Waals surface area contributed by atoms with E-state index in [-0.39, 0.29) is 16.7 Å². The lowest BCUT2D eigenvalue weighted by Crippen LogP contribution is -2.22. The molecule has 0 radical (unpaired) electrons. The van der Waals surface area contributed by atoms with E-state index in [0.717, 1.165) is 5.69 Å². The lowest BCUT2D eigenvalue weighted by atomic mass is 9.89. The van der Waals surface area contributed by atoms with Crippen molar-refractivity contribution in [2.75, 3.05) is 6.61 Å². The monoisotopic (exact) mass is 267 g/mol. The number of ketones is 1. The van der Waals surface area contributed by atoms with Gasteiger partial charge in [-0.05, 0) is 20.8 Å². The van der Waals surface area contributed by atoms with E-state index < -0.39 is 0 Å². The van der Waals surface area contributed by atoms with Gasteiger partial charge in [-0.1, -0.05) is 26.0 Å². The molecule has 1 aromatic heterocycles. The fourth-order valence-corrected chi connectivity index (χ4v) is 1.41. The van der Waals surface area contributed by atoms with E-state index in [2.05, 4.69) is 31.1 Å². The van der Waals surface area contributed by atoms with E-state index in [9.17, 15) is 4.79 Å². The summed E-state index contributed by atoms with van der Waals surface area (Å²) in [6, 6.07) is 0. The lowest BCUT2D eigenvalue weighted by molar-refractivity contribution is -0.127. The van der Waals surface area contributed by atoms with E-state index in [4.69, 9.17) is 4.74 Å². The van der Waals surface area contributed by atoms with E-state index in [0.29, 0.717) is 19.6 Å². The molecule has 0 aromatic carbocycles. The van der Waals surface area contributed by atoms with Crippen LogP contribution < -0.4 is 0 Å². The van der Waals surface area contributed by atoms with Gasteiger partial charge in [-0.2, -0.15) is 0 Å². The molecule has 0 bridgehead atoms. The molecule has 0 aliphatic heterocycles. The summed E-state index contributed by atoms with van der Waals surface area (Å²) in [4.78, 5) is 11.7. The number of aromatic nitrogens is 3. The molecule has 0 saturated heterocycles. The molecule has 0 saturated carbocycles. The number of nitrogens with zero attached hydrogens (tertiary/aromatic N) is 3. The summed E-state index contributed by atoms with van der Waals surface area (Å²) in [5, 5.41) is 8.11. The first-order valence-electron chi connectivity index (χ1n) is 6.63. The molecular weight excluding hydrogens is 242 g/mol. The maximum atomic E-state index is 11.7. The van der Waals surface area contributed by atoms with Gasteiger partial charge in [0.1, 0.15) is 11.5 Å². The fourth-order valence-electron chi connectivity index (χ4n) is 1.41. The zero-order chi connectivity index (χ0) is 14.7. The van der Waals surface area contributed by atoms with Gasteiger partial charge in [0.05, 0.1) is 24.9 Å². The van der Waals surface area contributed by atoms with Crippen LogP contribution in [-0.4, -0.2) is 27.4 Å². The van der Waals surface area contributed by atoms with Gasteiger partial charge >= 0.3 is 0 Å². The van der Waals surface area contributed by atoms with Gasteiger partial charge in [-0.25, -0.2) is 4.68 Å². The third kappa shape index (κ3) is 5.11. The van der Waals surface area contributed by atoms with E-state index in [1.54, 1.807) is 0 Å². The average molecular weight is 267 g/mol. The molecule has 0 aliphatic rings. The van der Waals surface area contributed by atoms with Crippen LogP contribution in [0.3, 0.4) is 0 Å². The van der Waals surface area contributed by atoms with Crippen molar-refractivity contribution < 1.29 is 9.53 Å². The maximum absolute atomic E-state index is 11.7. The Morgan fingerprint density at radius 2 is 1.89 bits per heavy atom. The molecule has 0 amide bonds. The summed E-state index contributed by atoms with van der Waals surface area (Å²) in [5.41, 5.74) is 0.421. The van der Waals surface area contributed by atoms with Crippen molar-refractivity contribution in [1.82, 2.24) is 15.0 Å². The zero-order valence-electron chi connectivity index (χ0n) is 12.9. The standard InChI is InChI=1S/C14H25N3O2/c1-13(2,3)12(18)7-8-19-10-11-9-17(16-15-11)14(4,5)6/h9H,7-8,10H2,1-6H3. The second kappa shape index (κ2) is 5.82. The predicted octanol–water partition coefficient (Wildman–Crippen LogP) is 2.56. The topological polar surface area (TPSA) is 57.0 Å². The Labute approximate surface area is 115 Å². The SMILES string of the molecule is CC(C)(C)C(=O)CCOCc1cn(C(C)(C)C)nn1. The Hall–Kier alpha value is -1.23. The highest BCUT2D eigenvalue weighted by molar-refractivity contribution is 5.83. The van der Waals surface area contributed by atoms with Crippen LogP contribution in [0.15, 0.2) is 6.20 Å². The summed E-state index contributed by atoms with van der Waals surface area (Å²) in [5.74, 6) is 0.214. The third-order valence-corrected chi connectivity index (χ3v) is 2.79. The first-order valence-corrected chi connectivity index (χ1v) is 6.63. The number of hydrogen-bond acceptors (Lipinski definition) is 4. The first-order chi connectivity index (χ1) is 8.60. The van der Waals surface area contributed by atoms with Crippen LogP contribution in [-0.2, 0) is 21.7 Å². The van der Waals surface area contributed by atoms with E-state index >= 15 is 0 Å². The summed E-state index contributed by atoms with van der Waals surface area (Å²) >= 11 is 0. The second-order valence-electron chi connectivity index (χ2n) is 6.80. The number of rotatable bonds is 5. The first kappa shape index (κ1) is 15.8. The fraction of sp³-hybridized carbons (Fsp3) is 0.786. The Kier molecular flexibility index (Phi) is 4.85. The number of carbonyl (C=O) groups is 1. The van der Waals surface area contributed by atoms with Crippen LogP contribution in [0.5, 0.6) is 0 Å². The number of carbonyl (C=O) groups excluding carboxylic acids is 1. The van der Waals surface area contributed by atoms with Crippen molar-refractivity contribution in [3.05, 3.63) is 11.9 Å². The quantitative estimate of drug-likeness (QED) is 0.769. The number of ether oxygens (including phenoxy) is 1.